The highest BCUT2D eigenvalue weighted by Crippen LogP contribution is 2.20. The van der Waals surface area contributed by atoms with Crippen LogP contribution in [0.2, 0.25) is 0 Å². The minimum atomic E-state index is -0.113. The van der Waals surface area contributed by atoms with E-state index < -0.39 is 0 Å². The molecule has 1 aromatic rings. The summed E-state index contributed by atoms with van der Waals surface area (Å²) in [5.74, 6) is 0.757. The molecule has 1 saturated heterocycles. The Balaban J connectivity index is 2.11. The van der Waals surface area contributed by atoms with Gasteiger partial charge in [-0.2, -0.15) is 0 Å². The minimum Gasteiger partial charge on any atom is -0.376 e. The van der Waals surface area contributed by atoms with Crippen molar-refractivity contribution in [2.75, 3.05) is 33.4 Å². The molecule has 1 fully saturated rings. The lowest BCUT2D eigenvalue weighted by atomic mass is 10.1. The third-order valence-electron chi connectivity index (χ3n) is 3.40. The Kier molecular flexibility index (Phi) is 5.24. The van der Waals surface area contributed by atoms with Gasteiger partial charge in [0.05, 0.1) is 19.8 Å². The Hall–Kier alpha value is -1.04. The van der Waals surface area contributed by atoms with Gasteiger partial charge in [-0.1, -0.05) is 0 Å². The Morgan fingerprint density at radius 3 is 2.53 bits per heavy atom. The summed E-state index contributed by atoms with van der Waals surface area (Å²) in [7, 11) is 1.97. The van der Waals surface area contributed by atoms with Crippen molar-refractivity contribution in [1.82, 2.24) is 15.3 Å². The molecule has 1 aromatic heterocycles. The standard InChI is InChI=1S/C14H23N3O2/c1-10-12(5-4-6-15-3)11(2)17-14(16-10)13-9-18-7-8-19-13/h13,15H,4-9H2,1-3H3. The summed E-state index contributed by atoms with van der Waals surface area (Å²) in [6.07, 6.45) is 2.00. The first-order chi connectivity index (χ1) is 9.22. The maximum absolute atomic E-state index is 5.65. The molecule has 1 N–H and O–H groups in total. The molecule has 19 heavy (non-hydrogen) atoms. The Morgan fingerprint density at radius 1 is 1.21 bits per heavy atom. The summed E-state index contributed by atoms with van der Waals surface area (Å²) in [6, 6.07) is 0. The van der Waals surface area contributed by atoms with Crippen LogP contribution in [0.4, 0.5) is 0 Å². The molecular weight excluding hydrogens is 242 g/mol. The van der Waals surface area contributed by atoms with Crippen molar-refractivity contribution in [3.05, 3.63) is 22.8 Å². The van der Waals surface area contributed by atoms with E-state index in [0.717, 1.165) is 36.6 Å². The molecule has 5 heteroatoms. The summed E-state index contributed by atoms with van der Waals surface area (Å²) < 4.78 is 11.1. The van der Waals surface area contributed by atoms with Crippen LogP contribution in [0.15, 0.2) is 0 Å². The molecule has 106 valence electrons. The SMILES string of the molecule is CNCCCc1c(C)nc(C2COCCO2)nc1C. The largest absolute Gasteiger partial charge is 0.376 e. The maximum atomic E-state index is 5.65. The van der Waals surface area contributed by atoms with Crippen molar-refractivity contribution >= 4 is 0 Å². The van der Waals surface area contributed by atoms with Crippen LogP contribution < -0.4 is 5.32 Å². The number of hydrogen-bond acceptors (Lipinski definition) is 5. The molecule has 5 nitrogen and oxygen atoms in total. The average molecular weight is 265 g/mol. The zero-order valence-corrected chi connectivity index (χ0v) is 12.0. The van der Waals surface area contributed by atoms with Crippen LogP contribution in [0.5, 0.6) is 0 Å². The molecule has 1 aliphatic rings. The first kappa shape index (κ1) is 14.4. The van der Waals surface area contributed by atoms with Gasteiger partial charge in [0.25, 0.3) is 0 Å². The summed E-state index contributed by atoms with van der Waals surface area (Å²) >= 11 is 0. The fourth-order valence-electron chi connectivity index (χ4n) is 2.35. The summed E-state index contributed by atoms with van der Waals surface area (Å²) in [4.78, 5) is 9.20. The van der Waals surface area contributed by atoms with E-state index in [4.69, 9.17) is 9.47 Å². The van der Waals surface area contributed by atoms with E-state index >= 15 is 0 Å². The van der Waals surface area contributed by atoms with Crippen LogP contribution >= 0.6 is 0 Å². The fraction of sp³-hybridized carbons (Fsp3) is 0.714. The van der Waals surface area contributed by atoms with E-state index in [9.17, 15) is 0 Å². The molecule has 1 aliphatic heterocycles. The van der Waals surface area contributed by atoms with E-state index in [1.54, 1.807) is 0 Å². The van der Waals surface area contributed by atoms with Gasteiger partial charge in [-0.05, 0) is 45.8 Å². The number of aromatic nitrogens is 2. The molecule has 0 aliphatic carbocycles. The maximum Gasteiger partial charge on any atom is 0.160 e. The van der Waals surface area contributed by atoms with E-state index in [1.807, 2.05) is 7.05 Å². The molecule has 0 spiro atoms. The van der Waals surface area contributed by atoms with Gasteiger partial charge in [-0.25, -0.2) is 9.97 Å². The molecule has 0 aromatic carbocycles. The summed E-state index contributed by atoms with van der Waals surface area (Å²) in [5.41, 5.74) is 3.39. The normalized spacial score (nSPS) is 19.6. The van der Waals surface area contributed by atoms with Gasteiger partial charge < -0.3 is 14.8 Å². The second-order valence-electron chi connectivity index (χ2n) is 4.87. The van der Waals surface area contributed by atoms with E-state index in [-0.39, 0.29) is 6.10 Å². The highest BCUT2D eigenvalue weighted by atomic mass is 16.6. The first-order valence-corrected chi connectivity index (χ1v) is 6.90. The van der Waals surface area contributed by atoms with Crippen LogP contribution in [0, 0.1) is 13.8 Å². The number of ether oxygens (including phenoxy) is 2. The van der Waals surface area contributed by atoms with Crippen LogP contribution in [-0.2, 0) is 15.9 Å². The van der Waals surface area contributed by atoms with Crippen molar-refractivity contribution in [3.8, 4) is 0 Å². The second-order valence-corrected chi connectivity index (χ2v) is 4.87. The first-order valence-electron chi connectivity index (χ1n) is 6.90. The summed E-state index contributed by atoms with van der Waals surface area (Å²) in [6.45, 7) is 6.96. The number of nitrogens with one attached hydrogen (secondary N) is 1. The van der Waals surface area contributed by atoms with Gasteiger partial charge in [-0.3, -0.25) is 0 Å². The lowest BCUT2D eigenvalue weighted by molar-refractivity contribution is -0.0936. The quantitative estimate of drug-likeness (QED) is 0.814. The number of nitrogens with zero attached hydrogens (tertiary/aromatic N) is 2. The predicted molar refractivity (Wildman–Crippen MR) is 73.3 cm³/mol. The van der Waals surface area contributed by atoms with Gasteiger partial charge in [0.2, 0.25) is 0 Å². The molecule has 0 radical (unpaired) electrons. The second kappa shape index (κ2) is 6.93. The Labute approximate surface area is 114 Å². The molecule has 1 atom stereocenters. The van der Waals surface area contributed by atoms with E-state index in [2.05, 4.69) is 29.1 Å². The Morgan fingerprint density at radius 2 is 1.95 bits per heavy atom. The monoisotopic (exact) mass is 265 g/mol. The third kappa shape index (κ3) is 3.72. The van der Waals surface area contributed by atoms with Crippen molar-refractivity contribution < 1.29 is 9.47 Å². The van der Waals surface area contributed by atoms with E-state index in [0.29, 0.717) is 19.8 Å². The van der Waals surface area contributed by atoms with Crippen LogP contribution in [0.3, 0.4) is 0 Å². The summed E-state index contributed by atoms with van der Waals surface area (Å²) in [5, 5.41) is 3.16. The van der Waals surface area contributed by atoms with Gasteiger partial charge >= 0.3 is 0 Å². The van der Waals surface area contributed by atoms with Crippen molar-refractivity contribution in [2.24, 2.45) is 0 Å². The molecular formula is C14H23N3O2. The van der Waals surface area contributed by atoms with Crippen LogP contribution in [-0.4, -0.2) is 43.4 Å². The molecule has 0 amide bonds. The average Bonchev–Trinajstić information content (AvgIpc) is 2.43. The number of aryl methyl sites for hydroxylation is 2. The predicted octanol–water partition coefficient (Wildman–Crippen LogP) is 1.33. The minimum absolute atomic E-state index is 0.113. The fourth-order valence-corrected chi connectivity index (χ4v) is 2.35. The molecule has 1 unspecified atom stereocenters. The van der Waals surface area contributed by atoms with Crippen molar-refractivity contribution in [1.29, 1.82) is 0 Å². The lowest BCUT2D eigenvalue weighted by Gasteiger charge is -2.22. The van der Waals surface area contributed by atoms with Crippen LogP contribution in [0.25, 0.3) is 0 Å². The molecule has 0 saturated carbocycles. The highest BCUT2D eigenvalue weighted by Gasteiger charge is 2.21. The van der Waals surface area contributed by atoms with Crippen molar-refractivity contribution in [2.45, 2.75) is 32.8 Å². The zero-order valence-electron chi connectivity index (χ0n) is 12.0. The number of hydrogen-bond donors (Lipinski definition) is 1. The van der Waals surface area contributed by atoms with Gasteiger partial charge in [0, 0.05) is 11.4 Å². The molecule has 2 heterocycles. The zero-order chi connectivity index (χ0) is 13.7. The molecule has 0 bridgehead atoms. The van der Waals surface area contributed by atoms with Gasteiger partial charge in [-0.15, -0.1) is 0 Å². The van der Waals surface area contributed by atoms with Gasteiger partial charge in [0.15, 0.2) is 5.82 Å². The number of rotatable bonds is 5. The smallest absolute Gasteiger partial charge is 0.160 e. The van der Waals surface area contributed by atoms with Crippen molar-refractivity contribution in [3.63, 3.8) is 0 Å². The Bertz CT molecular complexity index is 394. The van der Waals surface area contributed by atoms with E-state index in [1.165, 1.54) is 5.56 Å². The molecule has 2 rings (SSSR count). The lowest BCUT2D eigenvalue weighted by Crippen LogP contribution is -2.24. The topological polar surface area (TPSA) is 56.3 Å². The highest BCUT2D eigenvalue weighted by molar-refractivity contribution is 5.25. The van der Waals surface area contributed by atoms with Gasteiger partial charge in [0.1, 0.15) is 6.10 Å². The third-order valence-corrected chi connectivity index (χ3v) is 3.40. The van der Waals surface area contributed by atoms with Crippen LogP contribution in [0.1, 0.15) is 35.3 Å².